The summed E-state index contributed by atoms with van der Waals surface area (Å²) in [5.41, 5.74) is -0.130. The molecule has 0 aromatic heterocycles. The van der Waals surface area contributed by atoms with Gasteiger partial charge >= 0.3 is 5.97 Å². The smallest absolute Gasteiger partial charge is 0.303 e. The first-order valence-corrected chi connectivity index (χ1v) is 5.34. The fourth-order valence-electron chi connectivity index (χ4n) is 1.42. The van der Waals surface area contributed by atoms with Crippen LogP contribution in [0.1, 0.15) is 23.7 Å². The third kappa shape index (κ3) is 4.48. The highest BCUT2D eigenvalue weighted by atomic mass is 19.1. The molecule has 0 fully saturated rings. The molecule has 0 saturated heterocycles. The molecule has 1 aromatic carbocycles. The number of benzene rings is 1. The lowest BCUT2D eigenvalue weighted by Crippen LogP contribution is -2.29. The maximum atomic E-state index is 12.9. The van der Waals surface area contributed by atoms with Crippen LogP contribution in [-0.4, -0.2) is 23.5 Å². The molecule has 0 heterocycles. The van der Waals surface area contributed by atoms with Gasteiger partial charge in [-0.2, -0.15) is 0 Å². The van der Waals surface area contributed by atoms with E-state index in [1.165, 1.54) is 0 Å². The fraction of sp³-hybridized carbons (Fsp3) is 0.333. The van der Waals surface area contributed by atoms with E-state index in [0.29, 0.717) is 6.07 Å². The van der Waals surface area contributed by atoms with Gasteiger partial charge in [-0.3, -0.25) is 9.59 Å². The Hall–Kier alpha value is -1.98. The van der Waals surface area contributed by atoms with Crippen molar-refractivity contribution >= 4 is 11.9 Å². The Morgan fingerprint density at radius 3 is 2.33 bits per heavy atom. The van der Waals surface area contributed by atoms with Gasteiger partial charge in [-0.25, -0.2) is 8.78 Å². The van der Waals surface area contributed by atoms with Crippen molar-refractivity contribution in [2.45, 2.75) is 13.3 Å². The van der Waals surface area contributed by atoms with Gasteiger partial charge in [0, 0.05) is 24.6 Å². The lowest BCUT2D eigenvalue weighted by atomic mass is 10.1. The second-order valence-corrected chi connectivity index (χ2v) is 4.07. The Labute approximate surface area is 103 Å². The van der Waals surface area contributed by atoms with E-state index < -0.39 is 23.5 Å². The Morgan fingerprint density at radius 1 is 1.28 bits per heavy atom. The van der Waals surface area contributed by atoms with E-state index in [0.717, 1.165) is 12.1 Å². The van der Waals surface area contributed by atoms with E-state index in [9.17, 15) is 18.4 Å². The Morgan fingerprint density at radius 2 is 1.83 bits per heavy atom. The van der Waals surface area contributed by atoms with Crippen molar-refractivity contribution in [3.8, 4) is 0 Å². The average molecular weight is 257 g/mol. The van der Waals surface area contributed by atoms with E-state index in [4.69, 9.17) is 5.11 Å². The first-order chi connectivity index (χ1) is 8.38. The molecule has 0 spiro atoms. The summed E-state index contributed by atoms with van der Waals surface area (Å²) >= 11 is 0. The molecular formula is C12H13F2NO3. The summed E-state index contributed by atoms with van der Waals surface area (Å²) in [6, 6.07) is 2.50. The first-order valence-electron chi connectivity index (χ1n) is 5.34. The van der Waals surface area contributed by atoms with Crippen molar-refractivity contribution < 1.29 is 23.5 Å². The first kappa shape index (κ1) is 14.1. The molecule has 1 atom stereocenters. The maximum Gasteiger partial charge on any atom is 0.303 e. The lowest BCUT2D eigenvalue weighted by molar-refractivity contribution is -0.137. The van der Waals surface area contributed by atoms with Crippen LogP contribution in [0.2, 0.25) is 0 Å². The molecule has 0 aliphatic carbocycles. The van der Waals surface area contributed by atoms with Crippen molar-refractivity contribution in [3.05, 3.63) is 35.4 Å². The number of hydrogen-bond donors (Lipinski definition) is 2. The summed E-state index contributed by atoms with van der Waals surface area (Å²) in [4.78, 5) is 21.9. The highest BCUT2D eigenvalue weighted by Gasteiger charge is 2.12. The zero-order valence-electron chi connectivity index (χ0n) is 9.74. The van der Waals surface area contributed by atoms with Crippen LogP contribution in [0.15, 0.2) is 18.2 Å². The predicted molar refractivity (Wildman–Crippen MR) is 60.1 cm³/mol. The number of halogens is 2. The molecule has 98 valence electrons. The number of carbonyl (C=O) groups is 2. The van der Waals surface area contributed by atoms with E-state index in [1.54, 1.807) is 6.92 Å². The number of carbonyl (C=O) groups excluding carboxylic acids is 1. The van der Waals surface area contributed by atoms with E-state index in [-0.39, 0.29) is 24.4 Å². The van der Waals surface area contributed by atoms with Gasteiger partial charge in [0.05, 0.1) is 0 Å². The second-order valence-electron chi connectivity index (χ2n) is 4.07. The molecule has 2 N–H and O–H groups in total. The van der Waals surface area contributed by atoms with E-state index in [1.807, 2.05) is 0 Å². The predicted octanol–water partition coefficient (Wildman–Crippen LogP) is 1.81. The van der Waals surface area contributed by atoms with Crippen molar-refractivity contribution in [2.75, 3.05) is 6.54 Å². The molecule has 0 aliphatic rings. The number of carboxylic acids is 1. The third-order valence-corrected chi connectivity index (χ3v) is 2.26. The lowest BCUT2D eigenvalue weighted by Gasteiger charge is -2.10. The van der Waals surface area contributed by atoms with Crippen LogP contribution in [0, 0.1) is 17.6 Å². The number of hydrogen-bond acceptors (Lipinski definition) is 2. The molecule has 1 rings (SSSR count). The normalized spacial score (nSPS) is 11.9. The Balaban J connectivity index is 2.57. The molecule has 18 heavy (non-hydrogen) atoms. The Kier molecular flexibility index (Phi) is 4.76. The minimum atomic E-state index is -0.964. The molecule has 6 heteroatoms. The number of amides is 1. The zero-order valence-corrected chi connectivity index (χ0v) is 9.74. The van der Waals surface area contributed by atoms with Crippen molar-refractivity contribution in [2.24, 2.45) is 5.92 Å². The number of aliphatic carboxylic acids is 1. The van der Waals surface area contributed by atoms with Gasteiger partial charge in [-0.1, -0.05) is 6.92 Å². The largest absolute Gasteiger partial charge is 0.481 e. The van der Waals surface area contributed by atoms with Gasteiger partial charge in [0.1, 0.15) is 11.6 Å². The molecule has 0 radical (unpaired) electrons. The number of carboxylic acid groups (broad SMARTS) is 1. The number of rotatable bonds is 5. The highest BCUT2D eigenvalue weighted by Crippen LogP contribution is 2.08. The zero-order chi connectivity index (χ0) is 13.7. The molecule has 0 aliphatic heterocycles. The summed E-state index contributed by atoms with van der Waals surface area (Å²) < 4.78 is 25.7. The minimum absolute atomic E-state index is 0.0855. The molecule has 1 unspecified atom stereocenters. The van der Waals surface area contributed by atoms with Gasteiger partial charge in [0.25, 0.3) is 5.91 Å². The summed E-state index contributed by atoms with van der Waals surface area (Å²) in [5.74, 6) is -3.53. The van der Waals surface area contributed by atoms with E-state index in [2.05, 4.69) is 5.32 Å². The Bertz CT molecular complexity index is 442. The van der Waals surface area contributed by atoms with E-state index >= 15 is 0 Å². The summed E-state index contributed by atoms with van der Waals surface area (Å²) in [7, 11) is 0. The molecule has 0 saturated carbocycles. The van der Waals surface area contributed by atoms with Gasteiger partial charge in [0.15, 0.2) is 0 Å². The van der Waals surface area contributed by atoms with Crippen LogP contribution in [0.5, 0.6) is 0 Å². The third-order valence-electron chi connectivity index (χ3n) is 2.26. The summed E-state index contributed by atoms with van der Waals surface area (Å²) in [6.45, 7) is 1.78. The maximum absolute atomic E-state index is 12.9. The molecule has 1 amide bonds. The SMILES string of the molecule is CC(CNC(=O)c1cc(F)cc(F)c1)CC(=O)O. The van der Waals surface area contributed by atoms with Crippen LogP contribution in [0.4, 0.5) is 8.78 Å². The summed E-state index contributed by atoms with van der Waals surface area (Å²) in [5, 5.41) is 10.9. The highest BCUT2D eigenvalue weighted by molar-refractivity contribution is 5.94. The van der Waals surface area contributed by atoms with Crippen LogP contribution in [0.3, 0.4) is 0 Å². The van der Waals surface area contributed by atoms with Crippen LogP contribution >= 0.6 is 0 Å². The standard InChI is InChI=1S/C12H13F2NO3/c1-7(2-11(16)17)6-15-12(18)8-3-9(13)5-10(14)4-8/h3-5,7H,2,6H2,1H3,(H,15,18)(H,16,17). The monoisotopic (exact) mass is 257 g/mol. The van der Waals surface area contributed by atoms with Crippen molar-refractivity contribution in [1.29, 1.82) is 0 Å². The van der Waals surface area contributed by atoms with Crippen molar-refractivity contribution in [1.82, 2.24) is 5.32 Å². The minimum Gasteiger partial charge on any atom is -0.481 e. The molecule has 0 bridgehead atoms. The van der Waals surface area contributed by atoms with Gasteiger partial charge < -0.3 is 10.4 Å². The number of nitrogens with one attached hydrogen (secondary N) is 1. The van der Waals surface area contributed by atoms with Gasteiger partial charge in [-0.05, 0) is 18.1 Å². The van der Waals surface area contributed by atoms with Crippen LogP contribution in [-0.2, 0) is 4.79 Å². The summed E-state index contributed by atoms with van der Waals surface area (Å²) in [6.07, 6.45) is -0.0855. The fourth-order valence-corrected chi connectivity index (χ4v) is 1.42. The quantitative estimate of drug-likeness (QED) is 0.845. The topological polar surface area (TPSA) is 66.4 Å². The van der Waals surface area contributed by atoms with Crippen LogP contribution in [0.25, 0.3) is 0 Å². The van der Waals surface area contributed by atoms with Crippen molar-refractivity contribution in [3.63, 3.8) is 0 Å². The average Bonchev–Trinajstić information content (AvgIpc) is 2.23. The van der Waals surface area contributed by atoms with Gasteiger partial charge in [-0.15, -0.1) is 0 Å². The molecule has 1 aromatic rings. The molecule has 4 nitrogen and oxygen atoms in total. The van der Waals surface area contributed by atoms with Gasteiger partial charge in [0.2, 0.25) is 0 Å². The second kappa shape index (κ2) is 6.09. The van der Waals surface area contributed by atoms with Crippen LogP contribution < -0.4 is 5.32 Å². The molecular weight excluding hydrogens is 244 g/mol.